The Balaban J connectivity index is 2.01. The van der Waals surface area contributed by atoms with Crippen LogP contribution in [0.25, 0.3) is 16.6 Å². The third-order valence-electron chi connectivity index (χ3n) is 4.23. The first-order valence-electron chi connectivity index (χ1n) is 7.45. The maximum Gasteiger partial charge on any atom is 0.0997 e. The molecule has 2 aromatic heterocycles. The molecule has 1 aliphatic rings. The van der Waals surface area contributed by atoms with E-state index in [9.17, 15) is 0 Å². The van der Waals surface area contributed by atoms with E-state index in [2.05, 4.69) is 20.6 Å². The predicted octanol–water partition coefficient (Wildman–Crippen LogP) is 3.19. The number of rotatable bonds is 1. The highest BCUT2D eigenvalue weighted by Gasteiger charge is 2.17. The summed E-state index contributed by atoms with van der Waals surface area (Å²) in [5.74, 6) is 0. The van der Waals surface area contributed by atoms with Crippen LogP contribution in [0.3, 0.4) is 0 Å². The minimum Gasteiger partial charge on any atom is -0.399 e. The van der Waals surface area contributed by atoms with Gasteiger partial charge in [0.2, 0.25) is 0 Å². The second kappa shape index (κ2) is 4.58. The number of nitrogens with zero attached hydrogens (tertiary/aromatic N) is 3. The average Bonchev–Trinajstić information content (AvgIpc) is 2.91. The van der Waals surface area contributed by atoms with Crippen molar-refractivity contribution in [2.75, 3.05) is 5.73 Å². The normalized spacial score (nSPS) is 14.3. The molecule has 1 aliphatic carbocycles. The third-order valence-corrected chi connectivity index (χ3v) is 4.23. The van der Waals surface area contributed by atoms with Crippen molar-refractivity contribution in [1.82, 2.24) is 14.5 Å². The maximum absolute atomic E-state index is 5.97. The molecule has 0 saturated carbocycles. The van der Waals surface area contributed by atoms with Gasteiger partial charge in [0.15, 0.2) is 0 Å². The molecular weight excluding hydrogens is 260 g/mol. The molecule has 0 bridgehead atoms. The van der Waals surface area contributed by atoms with E-state index in [-0.39, 0.29) is 0 Å². The SMILES string of the molecule is Cc1cc(-n2cnc3c2CCCC3)c2cc(N)ccc2n1. The number of aromatic nitrogens is 3. The summed E-state index contributed by atoms with van der Waals surface area (Å²) >= 11 is 0. The molecule has 0 radical (unpaired) electrons. The van der Waals surface area contributed by atoms with E-state index in [1.807, 2.05) is 31.5 Å². The van der Waals surface area contributed by atoms with Crippen LogP contribution < -0.4 is 5.73 Å². The molecule has 0 fully saturated rings. The predicted molar refractivity (Wildman–Crippen MR) is 84.7 cm³/mol. The van der Waals surface area contributed by atoms with Gasteiger partial charge >= 0.3 is 0 Å². The van der Waals surface area contributed by atoms with E-state index in [0.717, 1.165) is 40.8 Å². The highest BCUT2D eigenvalue weighted by Crippen LogP contribution is 2.28. The van der Waals surface area contributed by atoms with Crippen LogP contribution in [0, 0.1) is 6.92 Å². The fraction of sp³-hybridized carbons (Fsp3) is 0.294. The lowest BCUT2D eigenvalue weighted by atomic mass is 10.0. The molecule has 2 heterocycles. The number of hydrogen-bond donors (Lipinski definition) is 1. The van der Waals surface area contributed by atoms with Crippen molar-refractivity contribution < 1.29 is 0 Å². The van der Waals surface area contributed by atoms with E-state index in [4.69, 9.17) is 5.73 Å². The second-order valence-corrected chi connectivity index (χ2v) is 5.77. The number of benzene rings is 1. The van der Waals surface area contributed by atoms with Crippen LogP contribution in [-0.2, 0) is 12.8 Å². The van der Waals surface area contributed by atoms with Gasteiger partial charge in [0.05, 0.1) is 23.2 Å². The molecule has 0 atom stereocenters. The van der Waals surface area contributed by atoms with Crippen molar-refractivity contribution in [2.24, 2.45) is 0 Å². The minimum absolute atomic E-state index is 0.767. The highest BCUT2D eigenvalue weighted by molar-refractivity contribution is 5.90. The van der Waals surface area contributed by atoms with Gasteiger partial charge in [0.1, 0.15) is 0 Å². The summed E-state index contributed by atoms with van der Waals surface area (Å²) in [5, 5.41) is 1.09. The summed E-state index contributed by atoms with van der Waals surface area (Å²) in [6.07, 6.45) is 6.62. The second-order valence-electron chi connectivity index (χ2n) is 5.77. The van der Waals surface area contributed by atoms with Gasteiger partial charge in [-0.2, -0.15) is 0 Å². The van der Waals surface area contributed by atoms with Gasteiger partial charge in [-0.15, -0.1) is 0 Å². The Hall–Kier alpha value is -2.36. The van der Waals surface area contributed by atoms with E-state index < -0.39 is 0 Å². The number of aryl methyl sites for hydroxylation is 2. The minimum atomic E-state index is 0.767. The van der Waals surface area contributed by atoms with Crippen molar-refractivity contribution in [2.45, 2.75) is 32.6 Å². The Morgan fingerprint density at radius 3 is 2.90 bits per heavy atom. The van der Waals surface area contributed by atoms with Crippen molar-refractivity contribution in [3.8, 4) is 5.69 Å². The molecule has 0 spiro atoms. The molecule has 0 amide bonds. The number of nitrogen functional groups attached to an aromatic ring is 1. The molecule has 2 N–H and O–H groups in total. The number of pyridine rings is 1. The van der Waals surface area contributed by atoms with Crippen LogP contribution in [0.4, 0.5) is 5.69 Å². The number of imidazole rings is 1. The van der Waals surface area contributed by atoms with Crippen LogP contribution in [0.15, 0.2) is 30.6 Å². The lowest BCUT2D eigenvalue weighted by Gasteiger charge is -2.16. The molecule has 21 heavy (non-hydrogen) atoms. The Morgan fingerprint density at radius 1 is 1.14 bits per heavy atom. The Labute approximate surface area is 123 Å². The highest BCUT2D eigenvalue weighted by atomic mass is 15.1. The first-order valence-corrected chi connectivity index (χ1v) is 7.45. The van der Waals surface area contributed by atoms with Crippen molar-refractivity contribution in [3.05, 3.63) is 47.7 Å². The smallest absolute Gasteiger partial charge is 0.0997 e. The summed E-state index contributed by atoms with van der Waals surface area (Å²) in [4.78, 5) is 9.21. The van der Waals surface area contributed by atoms with E-state index in [1.165, 1.54) is 24.2 Å². The van der Waals surface area contributed by atoms with Gasteiger partial charge in [-0.1, -0.05) is 0 Å². The van der Waals surface area contributed by atoms with E-state index in [1.54, 1.807) is 0 Å². The van der Waals surface area contributed by atoms with Crippen LogP contribution in [0.1, 0.15) is 29.9 Å². The summed E-state index contributed by atoms with van der Waals surface area (Å²) in [6, 6.07) is 8.02. The fourth-order valence-electron chi connectivity index (χ4n) is 3.23. The molecule has 4 rings (SSSR count). The van der Waals surface area contributed by atoms with Gasteiger partial charge in [-0.3, -0.25) is 4.98 Å². The lowest BCUT2D eigenvalue weighted by molar-refractivity contribution is 0.656. The Bertz CT molecular complexity index is 832. The third kappa shape index (κ3) is 1.98. The molecular formula is C17H18N4. The Morgan fingerprint density at radius 2 is 2.00 bits per heavy atom. The van der Waals surface area contributed by atoms with Gasteiger partial charge in [0, 0.05) is 22.5 Å². The largest absolute Gasteiger partial charge is 0.399 e. The number of fused-ring (bicyclic) bond motifs is 2. The summed E-state index contributed by atoms with van der Waals surface area (Å²) in [6.45, 7) is 2.03. The topological polar surface area (TPSA) is 56.7 Å². The maximum atomic E-state index is 5.97. The molecule has 3 aromatic rings. The van der Waals surface area contributed by atoms with Gasteiger partial charge in [0.25, 0.3) is 0 Å². The first-order chi connectivity index (χ1) is 10.2. The zero-order valence-corrected chi connectivity index (χ0v) is 12.1. The van der Waals surface area contributed by atoms with Crippen LogP contribution in [-0.4, -0.2) is 14.5 Å². The van der Waals surface area contributed by atoms with Crippen LogP contribution in [0.2, 0.25) is 0 Å². The zero-order chi connectivity index (χ0) is 14.4. The zero-order valence-electron chi connectivity index (χ0n) is 12.1. The number of hydrogen-bond acceptors (Lipinski definition) is 3. The first kappa shape index (κ1) is 12.4. The number of nitrogens with two attached hydrogens (primary N) is 1. The molecule has 4 heteroatoms. The van der Waals surface area contributed by atoms with Crippen LogP contribution in [0.5, 0.6) is 0 Å². The van der Waals surface area contributed by atoms with Crippen molar-refractivity contribution in [3.63, 3.8) is 0 Å². The summed E-state index contributed by atoms with van der Waals surface area (Å²) < 4.78 is 2.23. The van der Waals surface area contributed by atoms with E-state index >= 15 is 0 Å². The molecule has 0 saturated heterocycles. The average molecular weight is 278 g/mol. The van der Waals surface area contributed by atoms with Gasteiger partial charge in [-0.05, 0) is 56.9 Å². The van der Waals surface area contributed by atoms with Gasteiger partial charge in [-0.25, -0.2) is 4.98 Å². The quantitative estimate of drug-likeness (QED) is 0.695. The summed E-state index contributed by atoms with van der Waals surface area (Å²) in [7, 11) is 0. The molecule has 1 aromatic carbocycles. The molecule has 0 unspecified atom stereocenters. The fourth-order valence-corrected chi connectivity index (χ4v) is 3.23. The Kier molecular flexibility index (Phi) is 2.70. The lowest BCUT2D eigenvalue weighted by Crippen LogP contribution is -2.07. The van der Waals surface area contributed by atoms with Gasteiger partial charge < -0.3 is 10.3 Å². The van der Waals surface area contributed by atoms with E-state index in [0.29, 0.717) is 0 Å². The van der Waals surface area contributed by atoms with Crippen LogP contribution >= 0.6 is 0 Å². The monoisotopic (exact) mass is 278 g/mol. The number of anilines is 1. The molecule has 0 aliphatic heterocycles. The van der Waals surface area contributed by atoms with Crippen molar-refractivity contribution in [1.29, 1.82) is 0 Å². The molecule has 106 valence electrons. The molecule has 4 nitrogen and oxygen atoms in total. The summed E-state index contributed by atoms with van der Waals surface area (Å²) in [5.41, 5.74) is 12.5. The standard InChI is InChI=1S/C17H18N4/c1-11-8-17(13-9-12(18)6-7-14(13)20-11)21-10-19-15-4-2-3-5-16(15)21/h6-10H,2-5,18H2,1H3. The van der Waals surface area contributed by atoms with Crippen molar-refractivity contribution >= 4 is 16.6 Å².